The summed E-state index contributed by atoms with van der Waals surface area (Å²) in [7, 11) is 3.21. The normalized spacial score (nSPS) is 15.4. The average molecular weight is 488 g/mol. The highest BCUT2D eigenvalue weighted by Gasteiger charge is 2.26. The quantitative estimate of drug-likeness (QED) is 0.395. The van der Waals surface area contributed by atoms with Crippen LogP contribution in [-0.2, 0) is 24.3 Å². The van der Waals surface area contributed by atoms with Crippen molar-refractivity contribution in [2.45, 2.75) is 25.6 Å². The van der Waals surface area contributed by atoms with Crippen molar-refractivity contribution in [2.24, 2.45) is 0 Å². The van der Waals surface area contributed by atoms with Crippen molar-refractivity contribution in [3.05, 3.63) is 83.6 Å². The Bertz CT molecular complexity index is 1340. The number of benzene rings is 3. The first-order chi connectivity index (χ1) is 17.7. The number of aromatic amines is 1. The van der Waals surface area contributed by atoms with Gasteiger partial charge in [0.15, 0.2) is 23.0 Å². The van der Waals surface area contributed by atoms with Gasteiger partial charge in [-0.2, -0.15) is 0 Å². The maximum atomic E-state index is 12.7. The van der Waals surface area contributed by atoms with Crippen LogP contribution in [0.25, 0.3) is 10.9 Å². The van der Waals surface area contributed by atoms with Crippen molar-refractivity contribution in [3.63, 3.8) is 0 Å². The molecule has 2 aliphatic rings. The number of nitrogens with one attached hydrogen (secondary N) is 3. The van der Waals surface area contributed by atoms with Crippen molar-refractivity contribution < 1.29 is 23.7 Å². The van der Waals surface area contributed by atoms with Gasteiger partial charge in [0, 0.05) is 29.7 Å². The maximum Gasteiger partial charge on any atom is 0.237 e. The molecule has 1 amide bonds. The monoisotopic (exact) mass is 487 g/mol. The second kappa shape index (κ2) is 10.6. The van der Waals surface area contributed by atoms with Crippen molar-refractivity contribution in [2.75, 3.05) is 21.0 Å². The van der Waals surface area contributed by atoms with E-state index in [0.717, 1.165) is 22.6 Å². The largest absolute Gasteiger partial charge is 0.493 e. The first kappa shape index (κ1) is 23.6. The van der Waals surface area contributed by atoms with E-state index < -0.39 is 0 Å². The molecule has 0 saturated carbocycles. The molecule has 3 N–H and O–H groups in total. The fraction of sp³-hybridized carbons (Fsp3) is 0.250. The van der Waals surface area contributed by atoms with Crippen LogP contribution in [0.15, 0.2) is 66.7 Å². The number of aromatic nitrogens is 1. The van der Waals surface area contributed by atoms with E-state index in [1.54, 1.807) is 14.2 Å². The first-order valence-corrected chi connectivity index (χ1v) is 11.8. The van der Waals surface area contributed by atoms with E-state index in [4.69, 9.17) is 18.9 Å². The van der Waals surface area contributed by atoms with Gasteiger partial charge in [-0.25, -0.2) is 0 Å². The number of H-pyrrole nitrogens is 1. The third kappa shape index (κ3) is 4.94. The molecule has 0 bridgehead atoms. The molecule has 8 heteroatoms. The molecule has 0 fully saturated rings. The van der Waals surface area contributed by atoms with Gasteiger partial charge in [0.25, 0.3) is 0 Å². The summed E-state index contributed by atoms with van der Waals surface area (Å²) in [6.07, 6.45) is 0.678. The molecule has 0 saturated heterocycles. The molecule has 3 aromatic carbocycles. The van der Waals surface area contributed by atoms with Crippen LogP contribution in [0.5, 0.6) is 23.0 Å². The number of carbonyl (C=O) groups excluding carboxylic acids is 1. The molecule has 0 spiro atoms. The predicted octanol–water partition coefficient (Wildman–Crippen LogP) is 3.93. The van der Waals surface area contributed by atoms with Gasteiger partial charge < -0.3 is 29.2 Å². The van der Waals surface area contributed by atoms with Crippen LogP contribution in [0.3, 0.4) is 0 Å². The summed E-state index contributed by atoms with van der Waals surface area (Å²) < 4.78 is 20.7. The number of hydrogen-bond donors (Lipinski definition) is 3. The zero-order valence-electron chi connectivity index (χ0n) is 20.3. The minimum absolute atomic E-state index is 0.000663. The van der Waals surface area contributed by atoms with Crippen LogP contribution in [0.1, 0.15) is 16.8 Å². The second-order valence-electron chi connectivity index (χ2n) is 8.53. The second-order valence-corrected chi connectivity index (χ2v) is 8.53. The Labute approximate surface area is 209 Å². The number of carbonyl (C=O) groups is 1. The van der Waals surface area contributed by atoms with Gasteiger partial charge in [-0.05, 0) is 47.9 Å². The van der Waals surface area contributed by atoms with Gasteiger partial charge in [0.2, 0.25) is 12.7 Å². The Balaban J connectivity index is 0.000000247. The van der Waals surface area contributed by atoms with Crippen LogP contribution in [0.4, 0.5) is 0 Å². The highest BCUT2D eigenvalue weighted by molar-refractivity contribution is 5.88. The van der Waals surface area contributed by atoms with Gasteiger partial charge in [-0.1, -0.05) is 36.4 Å². The molecule has 1 atom stereocenters. The standard InChI is InChI=1S/C21H23N3O3.C7H6O2/c1-26-19-8-7-13(9-20(19)27-2)11-23-21(25)17-10-15-14-5-3-4-6-16(14)24-18(15)12-22-17;1-2-4-7-6(3-1)8-5-9-7/h3-9,17,22,24H,10-12H2,1-2H3,(H,23,25);1-4H,5H2/t17-;/m0./s1. The Morgan fingerprint density at radius 2 is 1.69 bits per heavy atom. The number of rotatable bonds is 5. The molecule has 4 aromatic rings. The average Bonchev–Trinajstić information content (AvgIpc) is 3.56. The number of fused-ring (bicyclic) bond motifs is 4. The van der Waals surface area contributed by atoms with E-state index in [0.29, 0.717) is 37.8 Å². The number of amides is 1. The topological polar surface area (TPSA) is 93.8 Å². The fourth-order valence-corrected chi connectivity index (χ4v) is 4.47. The van der Waals surface area contributed by atoms with Crippen LogP contribution in [0.2, 0.25) is 0 Å². The zero-order chi connectivity index (χ0) is 24.9. The van der Waals surface area contributed by atoms with Crippen LogP contribution in [0, 0.1) is 0 Å². The fourth-order valence-electron chi connectivity index (χ4n) is 4.47. The van der Waals surface area contributed by atoms with E-state index in [2.05, 4.69) is 27.8 Å². The van der Waals surface area contributed by atoms with Crippen molar-refractivity contribution in [1.29, 1.82) is 0 Å². The molecule has 0 aliphatic carbocycles. The number of hydrogen-bond acceptors (Lipinski definition) is 6. The van der Waals surface area contributed by atoms with Gasteiger partial charge in [-0.3, -0.25) is 10.1 Å². The maximum absolute atomic E-state index is 12.7. The Morgan fingerprint density at radius 3 is 2.44 bits per heavy atom. The zero-order valence-corrected chi connectivity index (χ0v) is 20.3. The highest BCUT2D eigenvalue weighted by Crippen LogP contribution is 2.30. The summed E-state index contributed by atoms with van der Waals surface area (Å²) >= 11 is 0. The minimum Gasteiger partial charge on any atom is -0.493 e. The van der Waals surface area contributed by atoms with E-state index in [-0.39, 0.29) is 11.9 Å². The lowest BCUT2D eigenvalue weighted by atomic mass is 9.98. The van der Waals surface area contributed by atoms with Crippen LogP contribution in [-0.4, -0.2) is 37.9 Å². The van der Waals surface area contributed by atoms with E-state index in [9.17, 15) is 4.79 Å². The van der Waals surface area contributed by atoms with E-state index in [1.165, 1.54) is 16.6 Å². The highest BCUT2D eigenvalue weighted by atomic mass is 16.7. The lowest BCUT2D eigenvalue weighted by Crippen LogP contribution is -2.47. The summed E-state index contributed by atoms with van der Waals surface area (Å²) in [5.41, 5.74) is 4.48. The summed E-state index contributed by atoms with van der Waals surface area (Å²) in [6.45, 7) is 1.47. The molecule has 1 aromatic heterocycles. The third-order valence-corrected chi connectivity index (χ3v) is 6.34. The number of methoxy groups -OCH3 is 2. The SMILES string of the molecule is COc1ccc(CNC(=O)[C@@H]2Cc3c([nH]c4ccccc34)CN2)cc1OC.c1ccc2c(c1)OCO2. The third-order valence-electron chi connectivity index (χ3n) is 6.34. The van der Waals surface area contributed by atoms with Crippen molar-refractivity contribution in [1.82, 2.24) is 15.6 Å². The predicted molar refractivity (Wildman–Crippen MR) is 137 cm³/mol. The lowest BCUT2D eigenvalue weighted by Gasteiger charge is -2.23. The molecule has 36 heavy (non-hydrogen) atoms. The van der Waals surface area contributed by atoms with E-state index >= 15 is 0 Å². The molecular weight excluding hydrogens is 458 g/mol. The molecule has 3 heterocycles. The Morgan fingerprint density at radius 1 is 0.972 bits per heavy atom. The van der Waals surface area contributed by atoms with Crippen LogP contribution < -0.4 is 29.6 Å². The van der Waals surface area contributed by atoms with Crippen molar-refractivity contribution in [3.8, 4) is 23.0 Å². The number of ether oxygens (including phenoxy) is 4. The van der Waals surface area contributed by atoms with Gasteiger partial charge in [0.1, 0.15) is 0 Å². The van der Waals surface area contributed by atoms with Gasteiger partial charge >= 0.3 is 0 Å². The Hall–Kier alpha value is -4.17. The van der Waals surface area contributed by atoms with Gasteiger partial charge in [-0.15, -0.1) is 0 Å². The van der Waals surface area contributed by atoms with Crippen LogP contribution >= 0.6 is 0 Å². The lowest BCUT2D eigenvalue weighted by molar-refractivity contribution is -0.123. The summed E-state index contributed by atoms with van der Waals surface area (Å²) in [4.78, 5) is 16.1. The molecular formula is C28H29N3O5. The molecule has 186 valence electrons. The first-order valence-electron chi connectivity index (χ1n) is 11.8. The molecule has 0 radical (unpaired) electrons. The summed E-state index contributed by atoms with van der Waals surface area (Å²) in [5, 5.41) is 7.55. The summed E-state index contributed by atoms with van der Waals surface area (Å²) in [5.74, 6) is 3.02. The van der Waals surface area contributed by atoms with E-state index in [1.807, 2.05) is 54.6 Å². The molecule has 0 unspecified atom stereocenters. The smallest absolute Gasteiger partial charge is 0.237 e. The Kier molecular flexibility index (Phi) is 6.95. The minimum atomic E-state index is -0.239. The van der Waals surface area contributed by atoms with Crippen molar-refractivity contribution >= 4 is 16.8 Å². The number of para-hydroxylation sites is 3. The molecule has 6 rings (SSSR count). The molecule has 2 aliphatic heterocycles. The molecule has 8 nitrogen and oxygen atoms in total. The summed E-state index contributed by atoms with van der Waals surface area (Å²) in [6, 6.07) is 21.3. The van der Waals surface area contributed by atoms with Gasteiger partial charge in [0.05, 0.1) is 20.3 Å².